The summed E-state index contributed by atoms with van der Waals surface area (Å²) in [6, 6.07) is 24.3. The maximum absolute atomic E-state index is 11.6. The van der Waals surface area contributed by atoms with E-state index in [-0.39, 0.29) is 5.25 Å². The minimum absolute atomic E-state index is 0.160. The Labute approximate surface area is 116 Å². The van der Waals surface area contributed by atoms with E-state index >= 15 is 0 Å². The highest BCUT2D eigenvalue weighted by atomic mass is 32.1. The molecule has 0 heterocycles. The molecule has 92 valence electrons. The standard InChI is InChI=1S/C17H13OS/c18-19-17(14-8-2-1-3-9-14)16-12-6-10-13-7-4-5-11-15(13)16/h1-12,17H/q+1. The maximum atomic E-state index is 11.6. The lowest BCUT2D eigenvalue weighted by molar-refractivity contribution is 0.602. The summed E-state index contributed by atoms with van der Waals surface area (Å²) in [5, 5.41) is 2.17. The van der Waals surface area contributed by atoms with Crippen LogP contribution < -0.4 is 0 Å². The Balaban J connectivity index is 2.20. The van der Waals surface area contributed by atoms with Crippen molar-refractivity contribution in [3.05, 3.63) is 83.9 Å². The Morgan fingerprint density at radius 1 is 0.737 bits per heavy atom. The fourth-order valence-electron chi connectivity index (χ4n) is 2.39. The van der Waals surface area contributed by atoms with Crippen LogP contribution in [-0.2, 0) is 15.9 Å². The molecule has 1 nitrogen and oxygen atoms in total. The quantitative estimate of drug-likeness (QED) is 0.643. The molecular formula is C17H13OS+. The highest BCUT2D eigenvalue weighted by Crippen LogP contribution is 2.30. The van der Waals surface area contributed by atoms with E-state index in [9.17, 15) is 4.21 Å². The normalized spacial score (nSPS) is 12.2. The lowest BCUT2D eigenvalue weighted by Crippen LogP contribution is -1.99. The highest BCUT2D eigenvalue weighted by Gasteiger charge is 2.27. The van der Waals surface area contributed by atoms with Crippen LogP contribution in [0.25, 0.3) is 10.8 Å². The lowest BCUT2D eigenvalue weighted by atomic mass is 9.98. The summed E-state index contributed by atoms with van der Waals surface area (Å²) < 4.78 is 11.6. The first kappa shape index (κ1) is 12.0. The number of benzene rings is 3. The van der Waals surface area contributed by atoms with Crippen molar-refractivity contribution < 1.29 is 4.21 Å². The van der Waals surface area contributed by atoms with Crippen LogP contribution in [0.3, 0.4) is 0 Å². The van der Waals surface area contributed by atoms with Crippen LogP contribution in [0.15, 0.2) is 72.8 Å². The Morgan fingerprint density at radius 3 is 2.21 bits per heavy atom. The Bertz CT molecular complexity index is 701. The fourth-order valence-corrected chi connectivity index (χ4v) is 2.97. The number of fused-ring (bicyclic) bond motifs is 1. The van der Waals surface area contributed by atoms with Crippen LogP contribution in [0.5, 0.6) is 0 Å². The summed E-state index contributed by atoms with van der Waals surface area (Å²) in [7, 11) is 0. The van der Waals surface area contributed by atoms with Crippen molar-refractivity contribution in [2.45, 2.75) is 5.25 Å². The van der Waals surface area contributed by atoms with Gasteiger partial charge in [0.25, 0.3) is 5.25 Å². The van der Waals surface area contributed by atoms with E-state index in [2.05, 4.69) is 18.2 Å². The Kier molecular flexibility index (Phi) is 3.34. The van der Waals surface area contributed by atoms with Crippen molar-refractivity contribution >= 4 is 22.4 Å². The van der Waals surface area contributed by atoms with Crippen molar-refractivity contribution in [2.24, 2.45) is 0 Å². The van der Waals surface area contributed by atoms with Gasteiger partial charge in [-0.2, -0.15) is 0 Å². The van der Waals surface area contributed by atoms with Gasteiger partial charge in [-0.1, -0.05) is 72.8 Å². The Morgan fingerprint density at radius 2 is 1.42 bits per heavy atom. The predicted octanol–water partition coefficient (Wildman–Crippen LogP) is 4.36. The summed E-state index contributed by atoms with van der Waals surface area (Å²) in [6.07, 6.45) is 0. The molecule has 3 aromatic carbocycles. The van der Waals surface area contributed by atoms with Crippen LogP contribution in [0.4, 0.5) is 0 Å². The molecule has 0 aliphatic heterocycles. The van der Waals surface area contributed by atoms with Crippen LogP contribution in [-0.4, -0.2) is 0 Å². The van der Waals surface area contributed by atoms with Gasteiger partial charge in [0.05, 0.1) is 0 Å². The molecule has 0 radical (unpaired) electrons. The van der Waals surface area contributed by atoms with E-state index in [1.165, 1.54) is 5.39 Å². The van der Waals surface area contributed by atoms with E-state index in [4.69, 9.17) is 0 Å². The van der Waals surface area contributed by atoms with Gasteiger partial charge in [-0.05, 0) is 10.8 Å². The zero-order valence-corrected chi connectivity index (χ0v) is 11.1. The van der Waals surface area contributed by atoms with Crippen molar-refractivity contribution in [1.82, 2.24) is 0 Å². The van der Waals surface area contributed by atoms with Crippen molar-refractivity contribution in [2.75, 3.05) is 0 Å². The van der Waals surface area contributed by atoms with Gasteiger partial charge in [-0.25, -0.2) is 0 Å². The van der Waals surface area contributed by atoms with Gasteiger partial charge in [0.1, 0.15) is 0 Å². The summed E-state index contributed by atoms with van der Waals surface area (Å²) >= 11 is 0.641. The largest absolute Gasteiger partial charge is 0.472 e. The SMILES string of the molecule is O=[S+]C(c1ccccc1)c1cccc2ccccc12. The molecule has 0 aliphatic carbocycles. The maximum Gasteiger partial charge on any atom is 0.472 e. The molecule has 0 fully saturated rings. The van der Waals surface area contributed by atoms with Crippen LogP contribution in [0.2, 0.25) is 0 Å². The van der Waals surface area contributed by atoms with E-state index < -0.39 is 0 Å². The van der Waals surface area contributed by atoms with Crippen molar-refractivity contribution in [1.29, 1.82) is 0 Å². The second-order valence-corrected chi connectivity index (χ2v) is 5.12. The predicted molar refractivity (Wildman–Crippen MR) is 80.3 cm³/mol. The molecule has 0 amide bonds. The topological polar surface area (TPSA) is 17.1 Å². The third-order valence-corrected chi connectivity index (χ3v) is 4.02. The van der Waals surface area contributed by atoms with Gasteiger partial charge in [0.2, 0.25) is 0 Å². The first-order chi connectivity index (χ1) is 9.40. The third kappa shape index (κ3) is 2.27. The van der Waals surface area contributed by atoms with Crippen LogP contribution in [0.1, 0.15) is 16.4 Å². The molecular weight excluding hydrogens is 252 g/mol. The molecule has 0 N–H and O–H groups in total. The minimum atomic E-state index is -0.160. The molecule has 3 aromatic rings. The van der Waals surface area contributed by atoms with Gasteiger partial charge >= 0.3 is 11.7 Å². The van der Waals surface area contributed by atoms with E-state index in [1.54, 1.807) is 0 Å². The smallest absolute Gasteiger partial charge is 0.0622 e. The van der Waals surface area contributed by atoms with Crippen molar-refractivity contribution in [3.8, 4) is 0 Å². The summed E-state index contributed by atoms with van der Waals surface area (Å²) in [5.74, 6) is 0. The molecule has 0 saturated carbocycles. The molecule has 0 saturated heterocycles. The molecule has 0 aromatic heterocycles. The summed E-state index contributed by atoms with van der Waals surface area (Å²) in [4.78, 5) is 0. The van der Waals surface area contributed by atoms with Gasteiger partial charge in [0.15, 0.2) is 0 Å². The first-order valence-electron chi connectivity index (χ1n) is 6.21. The zero-order valence-electron chi connectivity index (χ0n) is 10.3. The zero-order chi connectivity index (χ0) is 13.1. The number of rotatable bonds is 3. The molecule has 0 spiro atoms. The van der Waals surface area contributed by atoms with Crippen molar-refractivity contribution in [3.63, 3.8) is 0 Å². The van der Waals surface area contributed by atoms with Crippen LogP contribution >= 0.6 is 0 Å². The second kappa shape index (κ2) is 5.29. The lowest BCUT2D eigenvalue weighted by Gasteiger charge is -2.06. The first-order valence-corrected chi connectivity index (χ1v) is 7.02. The minimum Gasteiger partial charge on any atom is -0.0622 e. The molecule has 0 bridgehead atoms. The second-order valence-electron chi connectivity index (χ2n) is 4.46. The van der Waals surface area contributed by atoms with Gasteiger partial charge in [-0.15, -0.1) is 0 Å². The highest BCUT2D eigenvalue weighted by molar-refractivity contribution is 7.66. The van der Waals surface area contributed by atoms with Gasteiger partial charge in [0, 0.05) is 15.3 Å². The average Bonchev–Trinajstić information content (AvgIpc) is 2.49. The average molecular weight is 265 g/mol. The van der Waals surface area contributed by atoms with E-state index in [0.29, 0.717) is 11.7 Å². The molecule has 2 heteroatoms. The molecule has 1 unspecified atom stereocenters. The van der Waals surface area contributed by atoms with Crippen LogP contribution in [0, 0.1) is 0 Å². The molecule has 0 aliphatic rings. The van der Waals surface area contributed by atoms with Gasteiger partial charge in [-0.3, -0.25) is 0 Å². The number of hydrogen-bond donors (Lipinski definition) is 0. The number of hydrogen-bond acceptors (Lipinski definition) is 1. The summed E-state index contributed by atoms with van der Waals surface area (Å²) in [6.45, 7) is 0. The van der Waals surface area contributed by atoms with Gasteiger partial charge < -0.3 is 0 Å². The fraction of sp³-hybridized carbons (Fsp3) is 0.0588. The summed E-state index contributed by atoms with van der Waals surface area (Å²) in [5.41, 5.74) is 2.14. The molecule has 3 rings (SSSR count). The molecule has 1 atom stereocenters. The van der Waals surface area contributed by atoms with E-state index in [1.807, 2.05) is 54.6 Å². The third-order valence-electron chi connectivity index (χ3n) is 3.30. The Hall–Kier alpha value is -2.06. The van der Waals surface area contributed by atoms with E-state index in [0.717, 1.165) is 16.5 Å². The molecule has 19 heavy (non-hydrogen) atoms. The monoisotopic (exact) mass is 265 g/mol.